The van der Waals surface area contributed by atoms with Crippen molar-refractivity contribution in [1.29, 1.82) is 0 Å². The van der Waals surface area contributed by atoms with E-state index in [4.69, 9.17) is 9.57 Å². The lowest BCUT2D eigenvalue weighted by atomic mass is 9.99. The summed E-state index contributed by atoms with van der Waals surface area (Å²) in [6.07, 6.45) is 0. The number of nitrogens with zero attached hydrogens (tertiary/aromatic N) is 1. The van der Waals surface area contributed by atoms with E-state index in [-0.39, 0.29) is 11.1 Å². The Hall–Kier alpha value is -1.06. The summed E-state index contributed by atoms with van der Waals surface area (Å²) < 4.78 is 5.72. The average molecular weight is 277 g/mol. The summed E-state index contributed by atoms with van der Waals surface area (Å²) in [7, 11) is 0. The third-order valence-electron chi connectivity index (χ3n) is 3.42. The smallest absolute Gasteiger partial charge is 0.123 e. The quantitative estimate of drug-likeness (QED) is 0.780. The lowest BCUT2D eigenvalue weighted by Crippen LogP contribution is -2.52. The molecule has 1 aliphatic rings. The van der Waals surface area contributed by atoms with Gasteiger partial charge < -0.3 is 4.74 Å². The highest BCUT2D eigenvalue weighted by Gasteiger charge is 2.34. The van der Waals surface area contributed by atoms with E-state index in [9.17, 15) is 0 Å². The summed E-state index contributed by atoms with van der Waals surface area (Å²) in [5.74, 6) is 1.32. The van der Waals surface area contributed by atoms with Crippen LogP contribution in [0.25, 0.3) is 0 Å². The van der Waals surface area contributed by atoms with Gasteiger partial charge in [-0.2, -0.15) is 5.06 Å². The van der Waals surface area contributed by atoms with Crippen molar-refractivity contribution in [3.63, 3.8) is 0 Å². The highest BCUT2D eigenvalue weighted by Crippen LogP contribution is 2.35. The second-order valence-electron chi connectivity index (χ2n) is 7.48. The molecule has 0 N–H and O–H groups in total. The summed E-state index contributed by atoms with van der Waals surface area (Å²) in [6, 6.07) is 8.24. The fraction of sp³-hybridized carbons (Fsp3) is 0.647. The van der Waals surface area contributed by atoms with Gasteiger partial charge in [-0.3, -0.25) is 4.84 Å². The van der Waals surface area contributed by atoms with Crippen molar-refractivity contribution >= 4 is 0 Å². The minimum absolute atomic E-state index is 0.0305. The number of rotatable bonds is 3. The van der Waals surface area contributed by atoms with Crippen molar-refractivity contribution in [2.45, 2.75) is 58.5 Å². The van der Waals surface area contributed by atoms with Gasteiger partial charge in [0.2, 0.25) is 0 Å². The first kappa shape index (κ1) is 15.3. The molecule has 20 heavy (non-hydrogen) atoms. The maximum atomic E-state index is 6.17. The Morgan fingerprint density at radius 2 is 1.70 bits per heavy atom. The Bertz CT molecular complexity index is 443. The number of hydrogen-bond donors (Lipinski definition) is 0. The first-order chi connectivity index (χ1) is 9.19. The molecule has 0 saturated heterocycles. The van der Waals surface area contributed by atoms with Crippen LogP contribution in [0.2, 0.25) is 0 Å². The van der Waals surface area contributed by atoms with Crippen molar-refractivity contribution in [2.24, 2.45) is 0 Å². The van der Waals surface area contributed by atoms with Crippen molar-refractivity contribution < 1.29 is 9.57 Å². The first-order valence-electron chi connectivity index (χ1n) is 7.34. The van der Waals surface area contributed by atoms with Crippen LogP contribution in [0.3, 0.4) is 0 Å². The summed E-state index contributed by atoms with van der Waals surface area (Å²) in [5.41, 5.74) is 1.20. The number of hydrogen-bond acceptors (Lipinski definition) is 3. The van der Waals surface area contributed by atoms with Crippen molar-refractivity contribution in [2.75, 3.05) is 13.2 Å². The highest BCUT2D eigenvalue weighted by molar-refractivity contribution is 5.39. The van der Waals surface area contributed by atoms with Gasteiger partial charge in [0.15, 0.2) is 0 Å². The summed E-state index contributed by atoms with van der Waals surface area (Å²) in [4.78, 5) is 6.17. The Morgan fingerprint density at radius 1 is 1.10 bits per heavy atom. The molecule has 0 radical (unpaired) electrons. The molecule has 0 aliphatic carbocycles. The largest absolute Gasteiger partial charge is 0.493 e. The molecule has 3 nitrogen and oxygen atoms in total. The molecule has 2 rings (SSSR count). The lowest BCUT2D eigenvalue weighted by Gasteiger charge is -2.44. The zero-order valence-corrected chi connectivity index (χ0v) is 13.6. The molecule has 1 aromatic rings. The van der Waals surface area contributed by atoms with Gasteiger partial charge in [-0.25, -0.2) is 0 Å². The monoisotopic (exact) mass is 277 g/mol. The van der Waals surface area contributed by atoms with E-state index in [0.29, 0.717) is 19.1 Å². The van der Waals surface area contributed by atoms with Crippen LogP contribution in [0.5, 0.6) is 5.75 Å². The van der Waals surface area contributed by atoms with Crippen molar-refractivity contribution in [3.05, 3.63) is 29.8 Å². The van der Waals surface area contributed by atoms with Crippen LogP contribution in [-0.2, 0) is 4.84 Å². The zero-order chi connectivity index (χ0) is 15.0. The SMILES string of the molecule is CC(C)(C)N(OCC1COc2ccccc21)C(C)(C)C. The van der Waals surface area contributed by atoms with E-state index in [0.717, 1.165) is 5.75 Å². The van der Waals surface area contributed by atoms with E-state index in [1.165, 1.54) is 5.56 Å². The Labute approximate surface area is 122 Å². The minimum Gasteiger partial charge on any atom is -0.493 e. The van der Waals surface area contributed by atoms with Crippen molar-refractivity contribution in [3.8, 4) is 5.75 Å². The van der Waals surface area contributed by atoms with Gasteiger partial charge in [-0.15, -0.1) is 0 Å². The van der Waals surface area contributed by atoms with E-state index < -0.39 is 0 Å². The molecule has 1 aliphatic heterocycles. The molecule has 0 bridgehead atoms. The molecule has 0 spiro atoms. The molecular weight excluding hydrogens is 250 g/mol. The number of benzene rings is 1. The van der Waals surface area contributed by atoms with Crippen LogP contribution in [0.15, 0.2) is 24.3 Å². The van der Waals surface area contributed by atoms with Crippen LogP contribution in [-0.4, -0.2) is 29.4 Å². The van der Waals surface area contributed by atoms with Gasteiger partial charge in [-0.05, 0) is 47.6 Å². The average Bonchev–Trinajstić information content (AvgIpc) is 2.69. The minimum atomic E-state index is -0.0305. The second kappa shape index (κ2) is 5.38. The molecule has 0 aromatic heterocycles. The molecule has 0 fully saturated rings. The third-order valence-corrected chi connectivity index (χ3v) is 3.42. The standard InChI is InChI=1S/C17H27NO2/c1-16(2,3)18(17(4,5)6)20-12-13-11-19-15-10-8-7-9-14(13)15/h7-10,13H,11-12H2,1-6H3. The molecule has 1 atom stereocenters. The molecule has 0 amide bonds. The van der Waals surface area contributed by atoms with Crippen LogP contribution in [0.1, 0.15) is 53.0 Å². The molecule has 3 heteroatoms. The van der Waals surface area contributed by atoms with E-state index in [2.05, 4.69) is 58.7 Å². The number of ether oxygens (including phenoxy) is 1. The number of hydroxylamine groups is 2. The van der Waals surface area contributed by atoms with Gasteiger partial charge in [0.1, 0.15) is 5.75 Å². The van der Waals surface area contributed by atoms with Crippen LogP contribution in [0, 0.1) is 0 Å². The Balaban J connectivity index is 2.05. The topological polar surface area (TPSA) is 21.7 Å². The predicted molar refractivity (Wildman–Crippen MR) is 82.0 cm³/mol. The molecule has 1 unspecified atom stereocenters. The fourth-order valence-electron chi connectivity index (χ4n) is 2.93. The van der Waals surface area contributed by atoms with Crippen LogP contribution < -0.4 is 4.74 Å². The molecule has 1 aromatic carbocycles. The third kappa shape index (κ3) is 3.33. The maximum absolute atomic E-state index is 6.17. The number of fused-ring (bicyclic) bond motifs is 1. The molecular formula is C17H27NO2. The van der Waals surface area contributed by atoms with Gasteiger partial charge >= 0.3 is 0 Å². The van der Waals surface area contributed by atoms with Gasteiger partial charge in [-0.1, -0.05) is 18.2 Å². The molecule has 112 valence electrons. The second-order valence-corrected chi connectivity index (χ2v) is 7.48. The zero-order valence-electron chi connectivity index (χ0n) is 13.6. The normalized spacial score (nSPS) is 19.1. The Morgan fingerprint density at radius 3 is 2.30 bits per heavy atom. The molecule has 0 saturated carbocycles. The van der Waals surface area contributed by atoms with Gasteiger partial charge in [0, 0.05) is 22.6 Å². The van der Waals surface area contributed by atoms with E-state index in [1.54, 1.807) is 0 Å². The lowest BCUT2D eigenvalue weighted by molar-refractivity contribution is -0.259. The van der Waals surface area contributed by atoms with E-state index in [1.807, 2.05) is 12.1 Å². The maximum Gasteiger partial charge on any atom is 0.123 e. The summed E-state index contributed by atoms with van der Waals surface area (Å²) in [6.45, 7) is 14.4. The van der Waals surface area contributed by atoms with Crippen LogP contribution in [0.4, 0.5) is 0 Å². The predicted octanol–water partition coefficient (Wildman–Crippen LogP) is 3.99. The fourth-order valence-corrected chi connectivity index (χ4v) is 2.93. The van der Waals surface area contributed by atoms with Crippen LogP contribution >= 0.6 is 0 Å². The Kier molecular flexibility index (Phi) is 4.12. The summed E-state index contributed by atoms with van der Waals surface area (Å²) in [5, 5.41) is 2.10. The van der Waals surface area contributed by atoms with Gasteiger partial charge in [0.05, 0.1) is 13.2 Å². The first-order valence-corrected chi connectivity index (χ1v) is 7.34. The molecule has 1 heterocycles. The van der Waals surface area contributed by atoms with E-state index >= 15 is 0 Å². The number of para-hydroxylation sites is 1. The summed E-state index contributed by atoms with van der Waals surface area (Å²) >= 11 is 0. The van der Waals surface area contributed by atoms with Crippen molar-refractivity contribution in [1.82, 2.24) is 5.06 Å². The highest BCUT2D eigenvalue weighted by atomic mass is 16.7. The van der Waals surface area contributed by atoms with Gasteiger partial charge in [0.25, 0.3) is 0 Å².